The van der Waals surface area contributed by atoms with Gasteiger partial charge in [-0.1, -0.05) is 13.8 Å². The second kappa shape index (κ2) is 4.81. The third-order valence-corrected chi connectivity index (χ3v) is 4.06. The lowest BCUT2D eigenvalue weighted by Gasteiger charge is -2.34. The van der Waals surface area contributed by atoms with Crippen LogP contribution in [0.25, 0.3) is 0 Å². The molecule has 2 aliphatic rings. The molecule has 0 spiro atoms. The first kappa shape index (κ1) is 11.4. The third-order valence-electron chi connectivity index (χ3n) is 4.06. The number of aliphatic hydroxyl groups is 1. The molecular formula is C12H24N2O. The summed E-state index contributed by atoms with van der Waals surface area (Å²) in [6.07, 6.45) is 2.60. The van der Waals surface area contributed by atoms with Crippen molar-refractivity contribution in [1.82, 2.24) is 10.2 Å². The van der Waals surface area contributed by atoms with Crippen LogP contribution in [0.3, 0.4) is 0 Å². The topological polar surface area (TPSA) is 35.5 Å². The molecule has 15 heavy (non-hydrogen) atoms. The molecule has 4 atom stereocenters. The van der Waals surface area contributed by atoms with Gasteiger partial charge in [-0.25, -0.2) is 0 Å². The number of hydrogen-bond donors (Lipinski definition) is 2. The van der Waals surface area contributed by atoms with Gasteiger partial charge < -0.3 is 15.3 Å². The number of aliphatic hydroxyl groups excluding tert-OH is 1. The van der Waals surface area contributed by atoms with Crippen LogP contribution < -0.4 is 5.32 Å². The first-order valence-corrected chi connectivity index (χ1v) is 6.30. The summed E-state index contributed by atoms with van der Waals surface area (Å²) in [5.74, 6) is 1.35. The van der Waals surface area contributed by atoms with Crippen LogP contribution in [0.5, 0.6) is 0 Å². The van der Waals surface area contributed by atoms with Crippen molar-refractivity contribution in [2.24, 2.45) is 11.8 Å². The van der Waals surface area contributed by atoms with E-state index in [9.17, 15) is 5.11 Å². The first-order valence-electron chi connectivity index (χ1n) is 6.30. The van der Waals surface area contributed by atoms with Crippen LogP contribution in [-0.2, 0) is 0 Å². The third kappa shape index (κ3) is 2.52. The van der Waals surface area contributed by atoms with Gasteiger partial charge in [0.1, 0.15) is 0 Å². The highest BCUT2D eigenvalue weighted by Gasteiger charge is 2.35. The van der Waals surface area contributed by atoms with Gasteiger partial charge in [0.05, 0.1) is 6.61 Å². The van der Waals surface area contributed by atoms with Crippen molar-refractivity contribution in [2.75, 3.05) is 26.2 Å². The molecule has 0 radical (unpaired) electrons. The molecule has 2 rings (SSSR count). The Morgan fingerprint density at radius 2 is 2.07 bits per heavy atom. The van der Waals surface area contributed by atoms with Gasteiger partial charge in [0.2, 0.25) is 0 Å². The second-order valence-electron chi connectivity index (χ2n) is 5.44. The molecule has 0 aliphatic carbocycles. The van der Waals surface area contributed by atoms with E-state index in [4.69, 9.17) is 0 Å². The molecule has 2 aliphatic heterocycles. The van der Waals surface area contributed by atoms with Gasteiger partial charge >= 0.3 is 0 Å². The Bertz CT molecular complexity index is 208. The van der Waals surface area contributed by atoms with Crippen molar-refractivity contribution >= 4 is 0 Å². The Hall–Kier alpha value is -0.120. The average molecular weight is 212 g/mol. The lowest BCUT2D eigenvalue weighted by molar-refractivity contribution is 0.158. The molecule has 2 heterocycles. The molecule has 4 unspecified atom stereocenters. The number of nitrogens with zero attached hydrogens (tertiary/aromatic N) is 1. The van der Waals surface area contributed by atoms with E-state index in [2.05, 4.69) is 24.1 Å². The van der Waals surface area contributed by atoms with Gasteiger partial charge in [-0.15, -0.1) is 0 Å². The summed E-state index contributed by atoms with van der Waals surface area (Å²) in [6, 6.07) is 0.922. The smallest absolute Gasteiger partial charge is 0.0587 e. The highest BCUT2D eigenvalue weighted by molar-refractivity contribution is 4.92. The van der Waals surface area contributed by atoms with E-state index in [0.29, 0.717) is 12.0 Å². The highest BCUT2D eigenvalue weighted by atomic mass is 16.3. The van der Waals surface area contributed by atoms with Crippen LogP contribution >= 0.6 is 0 Å². The summed E-state index contributed by atoms with van der Waals surface area (Å²) in [6.45, 7) is 8.42. The molecule has 0 saturated carbocycles. The Morgan fingerprint density at radius 1 is 1.33 bits per heavy atom. The molecule has 2 bridgehead atoms. The summed E-state index contributed by atoms with van der Waals surface area (Å²) in [5.41, 5.74) is 0. The fourth-order valence-corrected chi connectivity index (χ4v) is 2.90. The number of fused-ring (bicyclic) bond motifs is 2. The molecule has 0 aromatic carbocycles. The second-order valence-corrected chi connectivity index (χ2v) is 5.44. The van der Waals surface area contributed by atoms with Gasteiger partial charge in [0.25, 0.3) is 0 Å². The van der Waals surface area contributed by atoms with Crippen LogP contribution in [0.15, 0.2) is 0 Å². The van der Waals surface area contributed by atoms with E-state index in [0.717, 1.165) is 5.92 Å². The van der Waals surface area contributed by atoms with Crippen LogP contribution in [0, 0.1) is 11.8 Å². The molecule has 88 valence electrons. The molecule has 3 nitrogen and oxygen atoms in total. The Labute approximate surface area is 92.8 Å². The minimum Gasteiger partial charge on any atom is -0.395 e. The van der Waals surface area contributed by atoms with Gasteiger partial charge in [-0.2, -0.15) is 0 Å². The van der Waals surface area contributed by atoms with Crippen molar-refractivity contribution in [1.29, 1.82) is 0 Å². The van der Waals surface area contributed by atoms with Gasteiger partial charge in [0, 0.05) is 18.6 Å². The SMILES string of the molecule is CC(C)C(CO)NC1CCN2CCC1C2. The van der Waals surface area contributed by atoms with Crippen LogP contribution in [0.4, 0.5) is 0 Å². The van der Waals surface area contributed by atoms with Crippen molar-refractivity contribution in [3.63, 3.8) is 0 Å². The minimum absolute atomic E-state index is 0.268. The number of rotatable bonds is 4. The fourth-order valence-electron chi connectivity index (χ4n) is 2.90. The van der Waals surface area contributed by atoms with Gasteiger partial charge in [0.15, 0.2) is 0 Å². The number of hydrogen-bond acceptors (Lipinski definition) is 3. The largest absolute Gasteiger partial charge is 0.395 e. The lowest BCUT2D eigenvalue weighted by atomic mass is 9.92. The summed E-state index contributed by atoms with van der Waals surface area (Å²) in [4.78, 5) is 2.56. The Balaban J connectivity index is 1.87. The number of nitrogens with one attached hydrogen (secondary N) is 1. The molecule has 0 amide bonds. The van der Waals surface area contributed by atoms with E-state index in [-0.39, 0.29) is 12.6 Å². The van der Waals surface area contributed by atoms with Crippen molar-refractivity contribution < 1.29 is 5.11 Å². The zero-order chi connectivity index (χ0) is 10.8. The molecule has 2 saturated heterocycles. The summed E-state index contributed by atoms with van der Waals surface area (Å²) in [5, 5.41) is 13.0. The maximum Gasteiger partial charge on any atom is 0.0587 e. The van der Waals surface area contributed by atoms with E-state index in [1.165, 1.54) is 32.5 Å². The molecule has 0 aromatic rings. The van der Waals surface area contributed by atoms with Crippen molar-refractivity contribution in [3.8, 4) is 0 Å². The molecule has 2 fully saturated rings. The zero-order valence-electron chi connectivity index (χ0n) is 9.95. The predicted molar refractivity (Wildman–Crippen MR) is 61.8 cm³/mol. The summed E-state index contributed by atoms with van der Waals surface area (Å²) >= 11 is 0. The minimum atomic E-state index is 0.268. The maximum absolute atomic E-state index is 9.32. The average Bonchev–Trinajstić information content (AvgIpc) is 2.60. The fraction of sp³-hybridized carbons (Fsp3) is 1.00. The van der Waals surface area contributed by atoms with Crippen molar-refractivity contribution in [3.05, 3.63) is 0 Å². The van der Waals surface area contributed by atoms with Crippen molar-refractivity contribution in [2.45, 2.75) is 38.8 Å². The highest BCUT2D eigenvalue weighted by Crippen LogP contribution is 2.27. The monoisotopic (exact) mass is 212 g/mol. The maximum atomic E-state index is 9.32. The Kier molecular flexibility index (Phi) is 3.65. The lowest BCUT2D eigenvalue weighted by Crippen LogP contribution is -2.50. The quantitative estimate of drug-likeness (QED) is 0.719. The standard InChI is InChI=1S/C12H24N2O/c1-9(2)12(8-15)13-11-4-6-14-5-3-10(11)7-14/h9-13,15H,3-8H2,1-2H3. The van der Waals surface area contributed by atoms with Gasteiger partial charge in [-0.05, 0) is 37.8 Å². The Morgan fingerprint density at radius 3 is 2.73 bits per heavy atom. The normalized spacial score (nSPS) is 37.2. The first-order chi connectivity index (χ1) is 7.20. The molecule has 0 aromatic heterocycles. The predicted octanol–water partition coefficient (Wildman–Crippen LogP) is 0.687. The van der Waals surface area contributed by atoms with E-state index in [1.807, 2.05) is 0 Å². The number of piperidine rings is 1. The van der Waals surface area contributed by atoms with E-state index < -0.39 is 0 Å². The van der Waals surface area contributed by atoms with Crippen LogP contribution in [0.2, 0.25) is 0 Å². The van der Waals surface area contributed by atoms with Gasteiger partial charge in [-0.3, -0.25) is 0 Å². The van der Waals surface area contributed by atoms with E-state index in [1.54, 1.807) is 0 Å². The zero-order valence-corrected chi connectivity index (χ0v) is 9.95. The molecule has 3 heteroatoms. The van der Waals surface area contributed by atoms with E-state index >= 15 is 0 Å². The summed E-state index contributed by atoms with van der Waals surface area (Å²) < 4.78 is 0. The molecular weight excluding hydrogens is 188 g/mol. The van der Waals surface area contributed by atoms with Crippen LogP contribution in [0.1, 0.15) is 26.7 Å². The summed E-state index contributed by atoms with van der Waals surface area (Å²) in [7, 11) is 0. The van der Waals surface area contributed by atoms with Crippen LogP contribution in [-0.4, -0.2) is 48.3 Å². The molecule has 2 N–H and O–H groups in total.